The van der Waals surface area contributed by atoms with Gasteiger partial charge in [0.15, 0.2) is 0 Å². The highest BCUT2D eigenvalue weighted by Crippen LogP contribution is 2.27. The van der Waals surface area contributed by atoms with Crippen molar-refractivity contribution in [2.24, 2.45) is 5.73 Å². The Hall–Kier alpha value is -1.87. The van der Waals surface area contributed by atoms with Gasteiger partial charge in [-0.05, 0) is 48.7 Å². The summed E-state index contributed by atoms with van der Waals surface area (Å²) in [5.74, 6) is 1.07. The van der Waals surface area contributed by atoms with Crippen molar-refractivity contribution in [3.8, 4) is 5.75 Å². The van der Waals surface area contributed by atoms with Crippen molar-refractivity contribution in [2.45, 2.75) is 52.1 Å². The lowest BCUT2D eigenvalue weighted by atomic mass is 9.92. The fourth-order valence-electron chi connectivity index (χ4n) is 2.58. The van der Waals surface area contributed by atoms with Crippen molar-refractivity contribution < 1.29 is 9.53 Å². The average molecular weight is 313 g/mol. The lowest BCUT2D eigenvalue weighted by molar-refractivity contribution is -0.120. The summed E-state index contributed by atoms with van der Waals surface area (Å²) < 4.78 is 5.93. The van der Waals surface area contributed by atoms with E-state index in [2.05, 4.69) is 12.1 Å². The van der Waals surface area contributed by atoms with E-state index in [4.69, 9.17) is 10.5 Å². The van der Waals surface area contributed by atoms with E-state index in [-0.39, 0.29) is 11.5 Å². The first-order valence-corrected chi connectivity index (χ1v) is 8.32. The van der Waals surface area contributed by atoms with E-state index in [0.29, 0.717) is 18.7 Å². The summed E-state index contributed by atoms with van der Waals surface area (Å²) in [6, 6.07) is 12.2. The lowest BCUT2D eigenvalue weighted by Gasteiger charge is -2.24. The molecule has 1 atom stereocenters. The van der Waals surface area contributed by atoms with Gasteiger partial charge in [-0.3, -0.25) is 4.79 Å². The monoisotopic (exact) mass is 313 g/mol. The van der Waals surface area contributed by atoms with Crippen LogP contribution in [0.1, 0.15) is 52.0 Å². The Morgan fingerprint density at radius 1 is 1.17 bits per heavy atom. The molecule has 0 bridgehead atoms. The summed E-state index contributed by atoms with van der Waals surface area (Å²) in [6.45, 7) is 8.43. The van der Waals surface area contributed by atoms with Gasteiger partial charge in [-0.15, -0.1) is 0 Å². The fraction of sp³-hybridized carbons (Fsp3) is 0.450. The van der Waals surface area contributed by atoms with Crippen LogP contribution >= 0.6 is 0 Å². The number of fused-ring (bicyclic) bond motifs is 1. The van der Waals surface area contributed by atoms with Crippen molar-refractivity contribution in [3.05, 3.63) is 42.0 Å². The Balaban J connectivity index is 2.27. The van der Waals surface area contributed by atoms with Crippen molar-refractivity contribution in [1.29, 1.82) is 0 Å². The zero-order valence-electron chi connectivity index (χ0n) is 14.6. The lowest BCUT2D eigenvalue weighted by Crippen LogP contribution is -2.37. The van der Waals surface area contributed by atoms with Crippen LogP contribution in [0.15, 0.2) is 36.4 Å². The van der Waals surface area contributed by atoms with Gasteiger partial charge in [-0.1, -0.05) is 38.1 Å². The number of nitrogens with two attached hydrogens (primary N) is 1. The van der Waals surface area contributed by atoms with E-state index < -0.39 is 0 Å². The number of rotatable bonds is 7. The SMILES string of the molecule is CCCC(=O)C(C)c1ccc2cc(OC(C)(C)CN)ccc2c1. The number of ketones is 1. The summed E-state index contributed by atoms with van der Waals surface area (Å²) in [4.78, 5) is 12.1. The van der Waals surface area contributed by atoms with E-state index in [1.165, 1.54) is 0 Å². The number of hydrogen-bond acceptors (Lipinski definition) is 3. The van der Waals surface area contributed by atoms with Crippen molar-refractivity contribution in [1.82, 2.24) is 0 Å². The second-order valence-electron chi connectivity index (χ2n) is 6.77. The second kappa shape index (κ2) is 7.14. The third-order valence-electron chi connectivity index (χ3n) is 4.20. The van der Waals surface area contributed by atoms with Crippen LogP contribution < -0.4 is 10.5 Å². The molecule has 0 aliphatic heterocycles. The molecular formula is C20H27NO2. The number of Topliss-reactive ketones (excluding diaryl/α,β-unsaturated/α-hetero) is 1. The molecule has 23 heavy (non-hydrogen) atoms. The van der Waals surface area contributed by atoms with Crippen LogP contribution in [-0.2, 0) is 4.79 Å². The Kier molecular flexibility index (Phi) is 5.42. The second-order valence-corrected chi connectivity index (χ2v) is 6.77. The van der Waals surface area contributed by atoms with Gasteiger partial charge in [-0.25, -0.2) is 0 Å². The molecule has 2 aromatic rings. The van der Waals surface area contributed by atoms with Crippen molar-refractivity contribution in [3.63, 3.8) is 0 Å². The molecule has 1 unspecified atom stereocenters. The molecule has 0 radical (unpaired) electrons. The highest BCUT2D eigenvalue weighted by Gasteiger charge is 2.18. The number of hydrogen-bond donors (Lipinski definition) is 1. The highest BCUT2D eigenvalue weighted by atomic mass is 16.5. The topological polar surface area (TPSA) is 52.3 Å². The summed E-state index contributed by atoms with van der Waals surface area (Å²) in [5.41, 5.74) is 6.41. The van der Waals surface area contributed by atoms with Gasteiger partial charge in [0.1, 0.15) is 17.1 Å². The third-order valence-corrected chi connectivity index (χ3v) is 4.20. The molecule has 0 spiro atoms. The molecule has 2 N–H and O–H groups in total. The van der Waals surface area contributed by atoms with Crippen LogP contribution in [0.4, 0.5) is 0 Å². The Labute approximate surface area is 138 Å². The first-order chi connectivity index (χ1) is 10.9. The summed E-state index contributed by atoms with van der Waals surface area (Å²) >= 11 is 0. The standard InChI is InChI=1S/C20H27NO2/c1-5-6-19(22)14(2)15-7-8-17-12-18(10-9-16(17)11-15)23-20(3,4)13-21/h7-12,14H,5-6,13,21H2,1-4H3. The molecule has 0 aromatic heterocycles. The van der Waals surface area contributed by atoms with E-state index in [1.807, 2.05) is 52.0 Å². The van der Waals surface area contributed by atoms with Gasteiger partial charge in [0, 0.05) is 18.9 Å². The molecule has 0 saturated carbocycles. The number of carbonyl (C=O) groups is 1. The van der Waals surface area contributed by atoms with E-state index in [0.717, 1.165) is 28.5 Å². The van der Waals surface area contributed by atoms with Gasteiger partial charge < -0.3 is 10.5 Å². The maximum absolute atomic E-state index is 12.1. The third kappa shape index (κ3) is 4.32. The van der Waals surface area contributed by atoms with Crippen LogP contribution in [0.3, 0.4) is 0 Å². The predicted molar refractivity (Wildman–Crippen MR) is 96.0 cm³/mol. The Morgan fingerprint density at radius 3 is 2.48 bits per heavy atom. The van der Waals surface area contributed by atoms with E-state index in [1.54, 1.807) is 0 Å². The van der Waals surface area contributed by atoms with Crippen LogP contribution in [0, 0.1) is 0 Å². The highest BCUT2D eigenvalue weighted by molar-refractivity contribution is 5.89. The molecule has 0 amide bonds. The molecule has 0 aliphatic carbocycles. The Bertz CT molecular complexity index is 691. The molecule has 0 aliphatic rings. The molecular weight excluding hydrogens is 286 g/mol. The average Bonchev–Trinajstić information content (AvgIpc) is 2.53. The van der Waals surface area contributed by atoms with E-state index in [9.17, 15) is 4.79 Å². The molecule has 124 valence electrons. The van der Waals surface area contributed by atoms with Gasteiger partial charge in [0.2, 0.25) is 0 Å². The van der Waals surface area contributed by atoms with Crippen LogP contribution in [-0.4, -0.2) is 17.9 Å². The zero-order chi connectivity index (χ0) is 17.0. The summed E-state index contributed by atoms with van der Waals surface area (Å²) in [6.07, 6.45) is 1.54. The van der Waals surface area contributed by atoms with Gasteiger partial charge in [0.25, 0.3) is 0 Å². The minimum atomic E-state index is -0.380. The number of carbonyl (C=O) groups excluding carboxylic acids is 1. The fourth-order valence-corrected chi connectivity index (χ4v) is 2.58. The maximum atomic E-state index is 12.1. The quantitative estimate of drug-likeness (QED) is 0.822. The molecule has 2 rings (SSSR count). The van der Waals surface area contributed by atoms with Crippen molar-refractivity contribution in [2.75, 3.05) is 6.54 Å². The van der Waals surface area contributed by atoms with Crippen LogP contribution in [0.2, 0.25) is 0 Å². The number of benzene rings is 2. The minimum Gasteiger partial charge on any atom is -0.487 e. The minimum absolute atomic E-state index is 0.0496. The smallest absolute Gasteiger partial charge is 0.140 e. The Morgan fingerprint density at radius 2 is 1.83 bits per heavy atom. The first kappa shape index (κ1) is 17.5. The molecule has 3 nitrogen and oxygen atoms in total. The van der Waals surface area contributed by atoms with Crippen molar-refractivity contribution >= 4 is 16.6 Å². The van der Waals surface area contributed by atoms with Crippen LogP contribution in [0.25, 0.3) is 10.8 Å². The normalized spacial score (nSPS) is 13.1. The molecule has 0 fully saturated rings. The van der Waals surface area contributed by atoms with Gasteiger partial charge in [0.05, 0.1) is 0 Å². The maximum Gasteiger partial charge on any atom is 0.140 e. The molecule has 0 saturated heterocycles. The van der Waals surface area contributed by atoms with Gasteiger partial charge in [-0.2, -0.15) is 0 Å². The largest absolute Gasteiger partial charge is 0.487 e. The summed E-state index contributed by atoms with van der Waals surface area (Å²) in [7, 11) is 0. The first-order valence-electron chi connectivity index (χ1n) is 8.32. The number of ether oxygens (including phenoxy) is 1. The molecule has 3 heteroatoms. The molecule has 2 aromatic carbocycles. The van der Waals surface area contributed by atoms with E-state index >= 15 is 0 Å². The molecule has 0 heterocycles. The van der Waals surface area contributed by atoms with Gasteiger partial charge >= 0.3 is 0 Å². The zero-order valence-corrected chi connectivity index (χ0v) is 14.6. The summed E-state index contributed by atoms with van der Waals surface area (Å²) in [5, 5.41) is 2.23. The predicted octanol–water partition coefficient (Wildman–Crippen LogP) is 4.43. The van der Waals surface area contributed by atoms with Crippen LogP contribution in [0.5, 0.6) is 5.75 Å².